The molecule has 0 radical (unpaired) electrons. The van der Waals surface area contributed by atoms with Crippen LogP contribution in [0.5, 0.6) is 0 Å². The maximum Gasteiger partial charge on any atom is 0.325 e. The van der Waals surface area contributed by atoms with Crippen molar-refractivity contribution in [1.29, 1.82) is 0 Å². The second-order valence-corrected chi connectivity index (χ2v) is 8.62. The Labute approximate surface area is 181 Å². The average molecular weight is 448 g/mol. The number of esters is 2. The molecule has 0 aliphatic heterocycles. The highest BCUT2D eigenvalue weighted by atomic mass is 32.2. The number of benzene rings is 2. The normalized spacial score (nSPS) is 10.8. The zero-order chi connectivity index (χ0) is 23.2. The van der Waals surface area contributed by atoms with Crippen LogP contribution in [0.2, 0.25) is 0 Å². The van der Waals surface area contributed by atoms with E-state index in [1.165, 1.54) is 57.7 Å². The lowest BCUT2D eigenvalue weighted by Gasteiger charge is -2.22. The summed E-state index contributed by atoms with van der Waals surface area (Å²) in [6.45, 7) is 0.987. The number of carbonyl (C=O) groups excluding carboxylic acids is 3. The van der Waals surface area contributed by atoms with E-state index in [1.807, 2.05) is 6.92 Å². The highest BCUT2D eigenvalue weighted by Gasteiger charge is 2.24. The third-order valence-corrected chi connectivity index (χ3v) is 6.34. The molecule has 9 nitrogen and oxygen atoms in total. The van der Waals surface area contributed by atoms with E-state index in [9.17, 15) is 22.8 Å². The van der Waals surface area contributed by atoms with E-state index in [-0.39, 0.29) is 10.5 Å². The molecule has 0 saturated carbocycles. The second kappa shape index (κ2) is 10.1. The van der Waals surface area contributed by atoms with E-state index in [2.05, 4.69) is 9.47 Å². The molecule has 1 amide bonds. The van der Waals surface area contributed by atoms with Gasteiger partial charge in [-0.3, -0.25) is 18.7 Å². The number of anilines is 1. The number of methoxy groups -OCH3 is 2. The van der Waals surface area contributed by atoms with Crippen molar-refractivity contribution in [2.75, 3.05) is 38.7 Å². The molecule has 0 spiro atoms. The molecular formula is C21H24N2O7S. The van der Waals surface area contributed by atoms with Gasteiger partial charge in [0.2, 0.25) is 0 Å². The summed E-state index contributed by atoms with van der Waals surface area (Å²) in [6.07, 6.45) is 0. The van der Waals surface area contributed by atoms with Gasteiger partial charge in [0.05, 0.1) is 24.8 Å². The molecule has 0 aliphatic carbocycles. The van der Waals surface area contributed by atoms with Gasteiger partial charge in [-0.15, -0.1) is 0 Å². The monoisotopic (exact) mass is 448 g/mol. The zero-order valence-electron chi connectivity index (χ0n) is 17.7. The molecule has 2 rings (SSSR count). The minimum Gasteiger partial charge on any atom is -0.468 e. The Bertz CT molecular complexity index is 1030. The lowest BCUT2D eigenvalue weighted by atomic mass is 10.1. The van der Waals surface area contributed by atoms with E-state index < -0.39 is 41.0 Å². The first kappa shape index (κ1) is 23.9. The van der Waals surface area contributed by atoms with Crippen LogP contribution in [-0.2, 0) is 29.1 Å². The zero-order valence-corrected chi connectivity index (χ0v) is 18.5. The van der Waals surface area contributed by atoms with Gasteiger partial charge in [-0.2, -0.15) is 0 Å². The predicted octanol–water partition coefficient (Wildman–Crippen LogP) is 1.61. The van der Waals surface area contributed by atoms with E-state index in [4.69, 9.17) is 0 Å². The largest absolute Gasteiger partial charge is 0.468 e. The van der Waals surface area contributed by atoms with Crippen molar-refractivity contribution in [3.63, 3.8) is 0 Å². The molecule has 0 aliphatic rings. The lowest BCUT2D eigenvalue weighted by Crippen LogP contribution is -2.40. The molecule has 0 fully saturated rings. The molecule has 0 heterocycles. The second-order valence-electron chi connectivity index (χ2n) is 6.65. The number of carbonyl (C=O) groups is 3. The molecule has 0 saturated heterocycles. The Hall–Kier alpha value is -3.40. The number of sulfonamides is 1. The third kappa shape index (κ3) is 5.82. The first-order valence-electron chi connectivity index (χ1n) is 9.18. The van der Waals surface area contributed by atoms with Gasteiger partial charge in [0, 0.05) is 12.6 Å². The summed E-state index contributed by atoms with van der Waals surface area (Å²) < 4.78 is 35.9. The van der Waals surface area contributed by atoms with Crippen LogP contribution in [0, 0.1) is 6.92 Å². The molecule has 166 valence electrons. The van der Waals surface area contributed by atoms with Gasteiger partial charge in [-0.25, -0.2) is 8.42 Å². The van der Waals surface area contributed by atoms with Gasteiger partial charge in [-0.05, 0) is 43.3 Å². The molecule has 0 aromatic heterocycles. The summed E-state index contributed by atoms with van der Waals surface area (Å²) in [5.74, 6) is -2.00. The van der Waals surface area contributed by atoms with E-state index >= 15 is 0 Å². The fourth-order valence-corrected chi connectivity index (χ4v) is 3.84. The summed E-state index contributed by atoms with van der Waals surface area (Å²) in [4.78, 5) is 37.1. The van der Waals surface area contributed by atoms with Gasteiger partial charge in [0.25, 0.3) is 15.9 Å². The van der Waals surface area contributed by atoms with Crippen LogP contribution in [-0.4, -0.2) is 65.5 Å². The fraction of sp³-hybridized carbons (Fsp3) is 0.286. The van der Waals surface area contributed by atoms with E-state index in [1.54, 1.807) is 12.1 Å². The van der Waals surface area contributed by atoms with Crippen molar-refractivity contribution < 1.29 is 32.3 Å². The van der Waals surface area contributed by atoms with Crippen molar-refractivity contribution in [1.82, 2.24) is 4.90 Å². The molecule has 31 heavy (non-hydrogen) atoms. The van der Waals surface area contributed by atoms with Crippen molar-refractivity contribution >= 4 is 33.6 Å². The van der Waals surface area contributed by atoms with Gasteiger partial charge in [0.1, 0.15) is 13.1 Å². The standard InChI is InChI=1S/C21H24N2O7S/c1-15-5-11-18(12-6-15)31(27,28)22(2)17-9-7-16(8-10-17)21(26)23(13-19(24)29-3)14-20(25)30-4/h5-12H,13-14H2,1-4H3. The minimum absolute atomic E-state index is 0.142. The number of nitrogens with zero attached hydrogens (tertiary/aromatic N) is 2. The number of amides is 1. The molecule has 0 N–H and O–H groups in total. The van der Waals surface area contributed by atoms with Gasteiger partial charge < -0.3 is 14.4 Å². The summed E-state index contributed by atoms with van der Waals surface area (Å²) in [5.41, 5.74) is 1.44. The fourth-order valence-electron chi connectivity index (χ4n) is 2.64. The first-order valence-corrected chi connectivity index (χ1v) is 10.6. The van der Waals surface area contributed by atoms with Crippen molar-refractivity contribution in [3.05, 3.63) is 59.7 Å². The molecule has 2 aromatic carbocycles. The van der Waals surface area contributed by atoms with Crippen molar-refractivity contribution in [2.45, 2.75) is 11.8 Å². The third-order valence-electron chi connectivity index (χ3n) is 4.54. The SMILES string of the molecule is COC(=O)CN(CC(=O)OC)C(=O)c1ccc(N(C)S(=O)(=O)c2ccc(C)cc2)cc1. The van der Waals surface area contributed by atoms with Crippen LogP contribution >= 0.6 is 0 Å². The lowest BCUT2D eigenvalue weighted by molar-refractivity contribution is -0.144. The topological polar surface area (TPSA) is 110 Å². The number of ether oxygens (including phenoxy) is 2. The molecular weight excluding hydrogens is 424 g/mol. The number of aryl methyl sites for hydroxylation is 1. The summed E-state index contributed by atoms with van der Waals surface area (Å²) in [6, 6.07) is 12.2. The first-order chi connectivity index (χ1) is 14.6. The Kier molecular flexibility index (Phi) is 7.76. The Balaban J connectivity index is 2.25. The Morgan fingerprint density at radius 2 is 1.32 bits per heavy atom. The maximum atomic E-state index is 12.8. The van der Waals surface area contributed by atoms with Crippen LogP contribution < -0.4 is 4.31 Å². The Morgan fingerprint density at radius 3 is 1.77 bits per heavy atom. The van der Waals surface area contributed by atoms with Crippen LogP contribution in [0.15, 0.2) is 53.4 Å². The highest BCUT2D eigenvalue weighted by Crippen LogP contribution is 2.23. The summed E-state index contributed by atoms with van der Waals surface area (Å²) >= 11 is 0. The molecule has 0 atom stereocenters. The maximum absolute atomic E-state index is 12.8. The van der Waals surface area contributed by atoms with Gasteiger partial charge in [0.15, 0.2) is 0 Å². The smallest absolute Gasteiger partial charge is 0.325 e. The molecule has 2 aromatic rings. The Morgan fingerprint density at radius 1 is 0.839 bits per heavy atom. The predicted molar refractivity (Wildman–Crippen MR) is 113 cm³/mol. The highest BCUT2D eigenvalue weighted by molar-refractivity contribution is 7.92. The summed E-state index contributed by atoms with van der Waals surface area (Å²) in [7, 11) is -0.0338. The number of hydrogen-bond donors (Lipinski definition) is 0. The molecule has 0 bridgehead atoms. The molecule has 0 unspecified atom stereocenters. The van der Waals surface area contributed by atoms with Gasteiger partial charge in [-0.1, -0.05) is 17.7 Å². The number of rotatable bonds is 8. The van der Waals surface area contributed by atoms with Crippen LogP contribution in [0.25, 0.3) is 0 Å². The van der Waals surface area contributed by atoms with Crippen LogP contribution in [0.1, 0.15) is 15.9 Å². The van der Waals surface area contributed by atoms with Crippen LogP contribution in [0.3, 0.4) is 0 Å². The van der Waals surface area contributed by atoms with Crippen LogP contribution in [0.4, 0.5) is 5.69 Å². The average Bonchev–Trinajstić information content (AvgIpc) is 2.77. The molecule has 10 heteroatoms. The van der Waals surface area contributed by atoms with Gasteiger partial charge >= 0.3 is 11.9 Å². The van der Waals surface area contributed by atoms with Crippen molar-refractivity contribution in [2.24, 2.45) is 0 Å². The van der Waals surface area contributed by atoms with E-state index in [0.717, 1.165) is 14.8 Å². The quantitative estimate of drug-likeness (QED) is 0.564. The minimum atomic E-state index is -3.78. The number of hydrogen-bond acceptors (Lipinski definition) is 7. The summed E-state index contributed by atoms with van der Waals surface area (Å²) in [5, 5.41) is 0. The van der Waals surface area contributed by atoms with Crippen molar-refractivity contribution in [3.8, 4) is 0 Å². The van der Waals surface area contributed by atoms with E-state index in [0.29, 0.717) is 5.69 Å².